The molecule has 0 amide bonds. The highest BCUT2D eigenvalue weighted by molar-refractivity contribution is 7.09. The lowest BCUT2D eigenvalue weighted by Crippen LogP contribution is -2.48. The molecule has 4 nitrogen and oxygen atoms in total. The molecule has 2 aliphatic rings. The van der Waals surface area contributed by atoms with Crippen LogP contribution in [0, 0.1) is 12.3 Å². The third-order valence-electron chi connectivity index (χ3n) is 4.13. The molecule has 2 saturated heterocycles. The number of nitrogens with zero attached hydrogens (tertiary/aromatic N) is 2. The van der Waals surface area contributed by atoms with Crippen LogP contribution >= 0.6 is 11.3 Å². The van der Waals surface area contributed by atoms with E-state index in [1.807, 2.05) is 0 Å². The van der Waals surface area contributed by atoms with Crippen LogP contribution in [0.1, 0.15) is 23.5 Å². The molecule has 1 atom stereocenters. The van der Waals surface area contributed by atoms with Crippen molar-refractivity contribution in [1.82, 2.24) is 15.2 Å². The first-order valence-corrected chi connectivity index (χ1v) is 8.06. The Morgan fingerprint density at radius 3 is 3.26 bits per heavy atom. The minimum atomic E-state index is 0.319. The standard InChI is InChI=1S/C14H23N3OS/c1-12-16-13(8-19-12)7-17-5-6-18-11-14(10-17)3-2-4-15-9-14/h8,15H,2-7,9-11H2,1H3/t14-/m0/s1. The number of piperidine rings is 1. The van der Waals surface area contributed by atoms with Gasteiger partial charge in [-0.05, 0) is 26.3 Å². The molecule has 0 aromatic carbocycles. The second kappa shape index (κ2) is 5.87. The third kappa shape index (κ3) is 3.34. The predicted octanol–water partition coefficient (Wildman–Crippen LogP) is 1.65. The number of hydrogen-bond donors (Lipinski definition) is 1. The summed E-state index contributed by atoms with van der Waals surface area (Å²) in [6.07, 6.45) is 2.56. The minimum Gasteiger partial charge on any atom is -0.379 e. The van der Waals surface area contributed by atoms with E-state index in [9.17, 15) is 0 Å². The number of aryl methyl sites for hydroxylation is 1. The molecule has 0 saturated carbocycles. The third-order valence-corrected chi connectivity index (χ3v) is 4.95. The van der Waals surface area contributed by atoms with Gasteiger partial charge in [0, 0.05) is 37.0 Å². The fraction of sp³-hybridized carbons (Fsp3) is 0.786. The molecule has 0 radical (unpaired) electrons. The highest BCUT2D eigenvalue weighted by atomic mass is 32.1. The van der Waals surface area contributed by atoms with Crippen LogP contribution in [0.2, 0.25) is 0 Å². The van der Waals surface area contributed by atoms with Crippen LogP contribution < -0.4 is 5.32 Å². The Morgan fingerprint density at radius 1 is 1.58 bits per heavy atom. The Balaban J connectivity index is 1.67. The Labute approximate surface area is 119 Å². The second-order valence-corrected chi connectivity index (χ2v) is 6.96. The summed E-state index contributed by atoms with van der Waals surface area (Å²) in [6.45, 7) is 9.22. The first-order chi connectivity index (χ1) is 9.26. The van der Waals surface area contributed by atoms with Crippen molar-refractivity contribution in [1.29, 1.82) is 0 Å². The number of thiazole rings is 1. The van der Waals surface area contributed by atoms with Crippen molar-refractivity contribution in [3.05, 3.63) is 16.1 Å². The second-order valence-electron chi connectivity index (χ2n) is 5.90. The van der Waals surface area contributed by atoms with E-state index in [-0.39, 0.29) is 0 Å². The molecule has 0 unspecified atom stereocenters. The van der Waals surface area contributed by atoms with Gasteiger partial charge in [0.2, 0.25) is 0 Å². The lowest BCUT2D eigenvalue weighted by molar-refractivity contribution is 0.0487. The molecule has 0 aliphatic carbocycles. The Morgan fingerprint density at radius 2 is 2.53 bits per heavy atom. The SMILES string of the molecule is Cc1nc(CN2CCOC[C@]3(CCCNC3)C2)cs1. The minimum absolute atomic E-state index is 0.319. The summed E-state index contributed by atoms with van der Waals surface area (Å²) in [5.41, 5.74) is 1.53. The van der Waals surface area contributed by atoms with Gasteiger partial charge in [-0.25, -0.2) is 4.98 Å². The molecular weight excluding hydrogens is 258 g/mol. The molecule has 1 aromatic heterocycles. The molecular formula is C14H23N3OS. The summed E-state index contributed by atoms with van der Waals surface area (Å²) in [5, 5.41) is 6.89. The van der Waals surface area contributed by atoms with E-state index in [0.717, 1.165) is 50.9 Å². The van der Waals surface area contributed by atoms with E-state index in [1.54, 1.807) is 11.3 Å². The van der Waals surface area contributed by atoms with Gasteiger partial charge in [0.15, 0.2) is 0 Å². The van der Waals surface area contributed by atoms with Gasteiger partial charge in [-0.2, -0.15) is 0 Å². The molecule has 106 valence electrons. The topological polar surface area (TPSA) is 37.4 Å². The molecule has 0 bridgehead atoms. The fourth-order valence-corrected chi connectivity index (χ4v) is 3.82. The molecule has 5 heteroatoms. The van der Waals surface area contributed by atoms with Gasteiger partial charge in [-0.1, -0.05) is 0 Å². The molecule has 1 spiro atoms. The Hall–Kier alpha value is -0.490. The van der Waals surface area contributed by atoms with E-state index in [1.165, 1.54) is 18.5 Å². The number of ether oxygens (including phenoxy) is 1. The molecule has 3 heterocycles. The van der Waals surface area contributed by atoms with Crippen LogP contribution in [0.4, 0.5) is 0 Å². The zero-order valence-corrected chi connectivity index (χ0v) is 12.5. The number of aromatic nitrogens is 1. The summed E-state index contributed by atoms with van der Waals surface area (Å²) in [6, 6.07) is 0. The maximum absolute atomic E-state index is 5.86. The maximum Gasteiger partial charge on any atom is 0.0897 e. The van der Waals surface area contributed by atoms with Crippen molar-refractivity contribution < 1.29 is 4.74 Å². The molecule has 2 aliphatic heterocycles. The lowest BCUT2D eigenvalue weighted by Gasteiger charge is -2.38. The summed E-state index contributed by atoms with van der Waals surface area (Å²) < 4.78 is 5.86. The number of nitrogens with one attached hydrogen (secondary N) is 1. The van der Waals surface area contributed by atoms with Gasteiger partial charge < -0.3 is 10.1 Å². The van der Waals surface area contributed by atoms with Crippen molar-refractivity contribution in [2.24, 2.45) is 5.41 Å². The van der Waals surface area contributed by atoms with Gasteiger partial charge >= 0.3 is 0 Å². The highest BCUT2D eigenvalue weighted by Crippen LogP contribution is 2.30. The zero-order chi connectivity index (χ0) is 13.1. The largest absolute Gasteiger partial charge is 0.379 e. The number of hydrogen-bond acceptors (Lipinski definition) is 5. The van der Waals surface area contributed by atoms with Crippen LogP contribution in [0.25, 0.3) is 0 Å². The van der Waals surface area contributed by atoms with Crippen LogP contribution in [-0.2, 0) is 11.3 Å². The predicted molar refractivity (Wildman–Crippen MR) is 77.5 cm³/mol. The zero-order valence-electron chi connectivity index (χ0n) is 11.7. The number of rotatable bonds is 2. The van der Waals surface area contributed by atoms with Crippen LogP contribution in [0.5, 0.6) is 0 Å². The molecule has 19 heavy (non-hydrogen) atoms. The van der Waals surface area contributed by atoms with Crippen molar-refractivity contribution in [2.75, 3.05) is 39.4 Å². The van der Waals surface area contributed by atoms with E-state index in [0.29, 0.717) is 5.41 Å². The molecule has 1 N–H and O–H groups in total. The lowest BCUT2D eigenvalue weighted by atomic mass is 9.81. The molecule has 3 rings (SSSR count). The molecule has 2 fully saturated rings. The maximum atomic E-state index is 5.86. The van der Waals surface area contributed by atoms with E-state index in [2.05, 4.69) is 27.5 Å². The van der Waals surface area contributed by atoms with Gasteiger partial charge in [0.25, 0.3) is 0 Å². The van der Waals surface area contributed by atoms with Gasteiger partial charge in [0.1, 0.15) is 0 Å². The monoisotopic (exact) mass is 281 g/mol. The quantitative estimate of drug-likeness (QED) is 0.894. The van der Waals surface area contributed by atoms with E-state index < -0.39 is 0 Å². The first-order valence-electron chi connectivity index (χ1n) is 7.18. The van der Waals surface area contributed by atoms with Crippen molar-refractivity contribution >= 4 is 11.3 Å². The van der Waals surface area contributed by atoms with Gasteiger partial charge in [-0.15, -0.1) is 11.3 Å². The van der Waals surface area contributed by atoms with Gasteiger partial charge in [0.05, 0.1) is 23.9 Å². The normalized spacial score (nSPS) is 29.5. The smallest absolute Gasteiger partial charge is 0.0897 e. The van der Waals surface area contributed by atoms with Crippen LogP contribution in [0.3, 0.4) is 0 Å². The van der Waals surface area contributed by atoms with E-state index >= 15 is 0 Å². The summed E-state index contributed by atoms with van der Waals surface area (Å²) >= 11 is 1.74. The summed E-state index contributed by atoms with van der Waals surface area (Å²) in [4.78, 5) is 7.11. The van der Waals surface area contributed by atoms with Crippen molar-refractivity contribution in [3.8, 4) is 0 Å². The van der Waals surface area contributed by atoms with Crippen LogP contribution in [-0.4, -0.2) is 49.3 Å². The van der Waals surface area contributed by atoms with Gasteiger partial charge in [-0.3, -0.25) is 4.90 Å². The van der Waals surface area contributed by atoms with E-state index in [4.69, 9.17) is 4.74 Å². The first kappa shape index (κ1) is 13.5. The highest BCUT2D eigenvalue weighted by Gasteiger charge is 2.36. The Bertz CT molecular complexity index is 415. The molecule has 1 aromatic rings. The van der Waals surface area contributed by atoms with Crippen molar-refractivity contribution in [2.45, 2.75) is 26.3 Å². The van der Waals surface area contributed by atoms with Crippen molar-refractivity contribution in [3.63, 3.8) is 0 Å². The summed E-state index contributed by atoms with van der Waals surface area (Å²) in [7, 11) is 0. The average Bonchev–Trinajstić information content (AvgIpc) is 2.71. The average molecular weight is 281 g/mol. The van der Waals surface area contributed by atoms with Crippen LogP contribution in [0.15, 0.2) is 5.38 Å². The Kier molecular flexibility index (Phi) is 4.17. The summed E-state index contributed by atoms with van der Waals surface area (Å²) in [5.74, 6) is 0. The fourth-order valence-electron chi connectivity index (χ4n) is 3.21.